The minimum atomic E-state index is -1.05. The number of benzene rings is 1. The average molecular weight is 406 g/mol. The lowest BCUT2D eigenvalue weighted by atomic mass is 9.94. The van der Waals surface area contributed by atoms with Crippen molar-refractivity contribution in [1.82, 2.24) is 10.7 Å². The second kappa shape index (κ2) is 12.0. The highest BCUT2D eigenvalue weighted by molar-refractivity contribution is 6.05. The summed E-state index contributed by atoms with van der Waals surface area (Å²) >= 11 is 0. The number of carbonyl (C=O) groups is 2. The van der Waals surface area contributed by atoms with Crippen LogP contribution in [0.15, 0.2) is 29.4 Å². The Labute approximate surface area is 171 Å². The molecule has 0 fully saturated rings. The van der Waals surface area contributed by atoms with E-state index in [1.165, 1.54) is 0 Å². The number of nitrogens with zero attached hydrogens (tertiary/aromatic N) is 2. The third-order valence-electron chi connectivity index (χ3n) is 4.57. The minimum Gasteiger partial charge on any atom is -0.465 e. The molecule has 2 amide bonds. The Morgan fingerprint density at radius 1 is 1.24 bits per heavy atom. The number of amides is 2. The van der Waals surface area contributed by atoms with Crippen molar-refractivity contribution < 1.29 is 24.2 Å². The Kier molecular flexibility index (Phi) is 9.39. The van der Waals surface area contributed by atoms with Gasteiger partial charge in [0.25, 0.3) is 0 Å². The van der Waals surface area contributed by atoms with Crippen LogP contribution in [0.4, 0.5) is 10.5 Å². The molecule has 1 unspecified atom stereocenters. The van der Waals surface area contributed by atoms with E-state index in [1.807, 2.05) is 19.1 Å². The van der Waals surface area contributed by atoms with Gasteiger partial charge in [0.1, 0.15) is 0 Å². The van der Waals surface area contributed by atoms with Crippen molar-refractivity contribution in [2.24, 2.45) is 11.0 Å². The summed E-state index contributed by atoms with van der Waals surface area (Å²) in [6, 6.07) is 8.18. The fourth-order valence-corrected chi connectivity index (χ4v) is 3.04. The fraction of sp³-hybridized carbons (Fsp3) is 0.550. The molecule has 3 N–H and O–H groups in total. The van der Waals surface area contributed by atoms with E-state index >= 15 is 0 Å². The molecule has 0 saturated heterocycles. The monoisotopic (exact) mass is 406 g/mol. The maximum Gasteiger partial charge on any atom is 0.404 e. The summed E-state index contributed by atoms with van der Waals surface area (Å²) in [4.78, 5) is 23.9. The summed E-state index contributed by atoms with van der Waals surface area (Å²) in [5, 5.41) is 14.9. The summed E-state index contributed by atoms with van der Waals surface area (Å²) in [7, 11) is 0. The van der Waals surface area contributed by atoms with E-state index in [-0.39, 0.29) is 18.4 Å². The molecule has 1 aromatic rings. The first kappa shape index (κ1) is 22.6. The molecule has 160 valence electrons. The van der Waals surface area contributed by atoms with Gasteiger partial charge in [0.05, 0.1) is 32.1 Å². The number of hydrogen-bond donors (Lipinski definition) is 3. The molecular weight excluding hydrogens is 376 g/mol. The van der Waals surface area contributed by atoms with Crippen molar-refractivity contribution in [3.63, 3.8) is 0 Å². The number of likely N-dealkylation sites (N-methyl/N-ethyl adjacent to an activating group) is 1. The molecule has 1 aliphatic heterocycles. The average Bonchev–Trinajstić information content (AvgIpc) is 2.70. The summed E-state index contributed by atoms with van der Waals surface area (Å²) in [6.45, 7) is 7.78. The minimum absolute atomic E-state index is 0.0441. The van der Waals surface area contributed by atoms with Gasteiger partial charge in [-0.3, -0.25) is 4.79 Å². The number of carboxylic acid groups (broad SMARTS) is 1. The Bertz CT molecular complexity index is 693. The number of carbonyl (C=O) groups excluding carboxylic acids is 1. The first-order valence-electron chi connectivity index (χ1n) is 9.85. The van der Waals surface area contributed by atoms with Gasteiger partial charge in [-0.25, -0.2) is 10.2 Å². The lowest BCUT2D eigenvalue weighted by Gasteiger charge is -2.24. The lowest BCUT2D eigenvalue weighted by molar-refractivity contribution is -0.121. The van der Waals surface area contributed by atoms with E-state index in [0.29, 0.717) is 32.8 Å². The van der Waals surface area contributed by atoms with Crippen LogP contribution in [0.1, 0.15) is 25.8 Å². The molecule has 0 aliphatic carbocycles. The third-order valence-corrected chi connectivity index (χ3v) is 4.57. The van der Waals surface area contributed by atoms with Gasteiger partial charge in [-0.1, -0.05) is 19.1 Å². The van der Waals surface area contributed by atoms with Gasteiger partial charge < -0.3 is 24.8 Å². The van der Waals surface area contributed by atoms with E-state index in [0.717, 1.165) is 30.1 Å². The number of ether oxygens (including phenoxy) is 2. The molecular formula is C20H30N4O5. The van der Waals surface area contributed by atoms with Crippen LogP contribution in [-0.4, -0.2) is 68.9 Å². The van der Waals surface area contributed by atoms with Crippen LogP contribution in [0, 0.1) is 5.92 Å². The molecule has 0 bridgehead atoms. The summed E-state index contributed by atoms with van der Waals surface area (Å²) in [5.74, 6) is 0.0600. The predicted molar refractivity (Wildman–Crippen MR) is 110 cm³/mol. The van der Waals surface area contributed by atoms with Gasteiger partial charge in [-0.05, 0) is 24.6 Å². The molecule has 0 aromatic heterocycles. The maximum atomic E-state index is 11.4. The first-order chi connectivity index (χ1) is 14.0. The van der Waals surface area contributed by atoms with Crippen LogP contribution >= 0.6 is 0 Å². The molecule has 0 spiro atoms. The van der Waals surface area contributed by atoms with Crippen molar-refractivity contribution in [2.75, 3.05) is 51.0 Å². The number of hydrazone groups is 1. The zero-order valence-electron chi connectivity index (χ0n) is 17.0. The molecule has 0 radical (unpaired) electrons. The van der Waals surface area contributed by atoms with Gasteiger partial charge in [-0.15, -0.1) is 0 Å². The Morgan fingerprint density at radius 3 is 2.55 bits per heavy atom. The molecule has 1 heterocycles. The van der Waals surface area contributed by atoms with Crippen molar-refractivity contribution in [3.05, 3.63) is 29.8 Å². The third kappa shape index (κ3) is 7.71. The Balaban J connectivity index is 1.71. The number of anilines is 1. The normalized spacial score (nSPS) is 16.1. The highest BCUT2D eigenvalue weighted by Gasteiger charge is 2.21. The molecule has 0 saturated carbocycles. The summed E-state index contributed by atoms with van der Waals surface area (Å²) in [6.07, 6.45) is -0.593. The smallest absolute Gasteiger partial charge is 0.404 e. The summed E-state index contributed by atoms with van der Waals surface area (Å²) in [5.41, 5.74) is 5.57. The van der Waals surface area contributed by atoms with Crippen molar-refractivity contribution in [3.8, 4) is 0 Å². The fourth-order valence-electron chi connectivity index (χ4n) is 3.04. The van der Waals surface area contributed by atoms with Gasteiger partial charge in [0.2, 0.25) is 5.91 Å². The molecule has 9 heteroatoms. The molecule has 9 nitrogen and oxygen atoms in total. The Morgan fingerprint density at radius 2 is 1.93 bits per heavy atom. The number of hydrogen-bond acceptors (Lipinski definition) is 6. The van der Waals surface area contributed by atoms with Crippen molar-refractivity contribution in [2.45, 2.75) is 20.3 Å². The second-order valence-corrected chi connectivity index (χ2v) is 6.72. The molecule has 29 heavy (non-hydrogen) atoms. The SMILES string of the molecule is CCN(CCOCCOCCNC(=O)O)c1ccc(C2=NNC(=O)CC2C)cc1. The van der Waals surface area contributed by atoms with Crippen LogP contribution in [0.25, 0.3) is 0 Å². The standard InChI is InChI=1S/C20H30N4O5/c1-3-24(9-11-29-13-12-28-10-8-21-20(26)27)17-6-4-16(5-7-17)19-15(2)14-18(25)22-23-19/h4-7,15,21H,3,8-14H2,1-2H3,(H,22,25)(H,26,27). The van der Waals surface area contributed by atoms with Crippen molar-refractivity contribution in [1.29, 1.82) is 0 Å². The van der Waals surface area contributed by atoms with Crippen LogP contribution in [0.3, 0.4) is 0 Å². The zero-order valence-corrected chi connectivity index (χ0v) is 17.0. The zero-order chi connectivity index (χ0) is 21.1. The van der Waals surface area contributed by atoms with Gasteiger partial charge in [0.15, 0.2) is 0 Å². The number of nitrogens with one attached hydrogen (secondary N) is 2. The van der Waals surface area contributed by atoms with Gasteiger partial charge in [0, 0.05) is 37.7 Å². The van der Waals surface area contributed by atoms with E-state index in [9.17, 15) is 9.59 Å². The highest BCUT2D eigenvalue weighted by Crippen LogP contribution is 2.20. The predicted octanol–water partition coefficient (Wildman–Crippen LogP) is 1.67. The largest absolute Gasteiger partial charge is 0.465 e. The topological polar surface area (TPSA) is 112 Å². The van der Waals surface area contributed by atoms with Crippen molar-refractivity contribution >= 4 is 23.4 Å². The van der Waals surface area contributed by atoms with E-state index < -0.39 is 6.09 Å². The van der Waals surface area contributed by atoms with Crippen LogP contribution < -0.4 is 15.6 Å². The molecule has 1 aliphatic rings. The maximum absolute atomic E-state index is 11.4. The van der Waals surface area contributed by atoms with Crippen LogP contribution in [0.2, 0.25) is 0 Å². The first-order valence-corrected chi connectivity index (χ1v) is 9.85. The van der Waals surface area contributed by atoms with E-state index in [2.05, 4.69) is 39.8 Å². The van der Waals surface area contributed by atoms with Crippen LogP contribution in [0.5, 0.6) is 0 Å². The van der Waals surface area contributed by atoms with Crippen LogP contribution in [-0.2, 0) is 14.3 Å². The quantitative estimate of drug-likeness (QED) is 0.455. The lowest BCUT2D eigenvalue weighted by Crippen LogP contribution is -2.32. The van der Waals surface area contributed by atoms with E-state index in [1.54, 1.807) is 0 Å². The molecule has 1 aromatic carbocycles. The second-order valence-electron chi connectivity index (χ2n) is 6.72. The molecule has 1 atom stereocenters. The van der Waals surface area contributed by atoms with Gasteiger partial charge >= 0.3 is 6.09 Å². The van der Waals surface area contributed by atoms with Gasteiger partial charge in [-0.2, -0.15) is 5.10 Å². The Hall–Kier alpha value is -2.65. The number of rotatable bonds is 12. The van der Waals surface area contributed by atoms with E-state index in [4.69, 9.17) is 14.6 Å². The highest BCUT2D eigenvalue weighted by atomic mass is 16.5. The molecule has 2 rings (SSSR count). The summed E-state index contributed by atoms with van der Waals surface area (Å²) < 4.78 is 10.9.